The normalized spacial score (nSPS) is 20.3. The number of nitrogens with zero attached hydrogens (tertiary/aromatic N) is 2. The van der Waals surface area contributed by atoms with Gasteiger partial charge in [-0.15, -0.1) is 0 Å². The number of pyridine rings is 2. The van der Waals surface area contributed by atoms with E-state index in [1.807, 2.05) is 0 Å². The lowest BCUT2D eigenvalue weighted by Gasteiger charge is -2.37. The van der Waals surface area contributed by atoms with Crippen molar-refractivity contribution < 1.29 is 40.3 Å². The second kappa shape index (κ2) is 8.92. The van der Waals surface area contributed by atoms with Gasteiger partial charge < -0.3 is 10.1 Å². The number of ether oxygens (including phenoxy) is 1. The summed E-state index contributed by atoms with van der Waals surface area (Å²) in [5.74, 6) is -3.94. The third kappa shape index (κ3) is 4.53. The lowest BCUT2D eigenvalue weighted by molar-refractivity contribution is -0.206. The number of fused-ring (bicyclic) bond motifs is 1. The molecule has 4 heterocycles. The molecule has 1 saturated heterocycles. The summed E-state index contributed by atoms with van der Waals surface area (Å²) in [7, 11) is 0. The number of carbonyl (C=O) groups excluding carboxylic acids is 1. The molecule has 0 spiro atoms. The Bertz CT molecular complexity index is 1120. The molecule has 1 fully saturated rings. The molecule has 2 aliphatic rings. The van der Waals surface area contributed by atoms with Gasteiger partial charge in [0.05, 0.1) is 22.4 Å². The number of nitrogens with one attached hydrogen (secondary N) is 2. The SMILES string of the molecule is CCC(F)(F)c1cc(-c2ccnc3c2[C@H](C(F)(F)F)OC(=O)N3)nc(C2(C(F)F)CCNCC2)c1. The molecule has 1 atom stereocenters. The molecule has 0 radical (unpaired) electrons. The Kier molecular flexibility index (Phi) is 6.41. The molecule has 0 unspecified atom stereocenters. The smallest absolute Gasteiger partial charge is 0.430 e. The largest absolute Gasteiger partial charge is 0.431 e. The summed E-state index contributed by atoms with van der Waals surface area (Å²) >= 11 is 0. The first-order chi connectivity index (χ1) is 16.4. The minimum Gasteiger partial charge on any atom is -0.431 e. The van der Waals surface area contributed by atoms with Crippen LogP contribution in [0.2, 0.25) is 0 Å². The predicted molar refractivity (Wildman–Crippen MR) is 110 cm³/mol. The van der Waals surface area contributed by atoms with Crippen LogP contribution in [-0.4, -0.2) is 41.8 Å². The molecule has 2 aliphatic heterocycles. The van der Waals surface area contributed by atoms with Gasteiger partial charge in [-0.2, -0.15) is 13.2 Å². The van der Waals surface area contributed by atoms with E-state index in [2.05, 4.69) is 25.3 Å². The van der Waals surface area contributed by atoms with E-state index in [1.54, 1.807) is 0 Å². The van der Waals surface area contributed by atoms with Crippen LogP contribution in [0, 0.1) is 0 Å². The van der Waals surface area contributed by atoms with Crippen LogP contribution in [-0.2, 0) is 16.1 Å². The maximum absolute atomic E-state index is 14.8. The molecule has 2 aromatic heterocycles. The number of aromatic nitrogens is 2. The number of piperidine rings is 1. The number of amides is 1. The van der Waals surface area contributed by atoms with Gasteiger partial charge in [0.25, 0.3) is 5.92 Å². The summed E-state index contributed by atoms with van der Waals surface area (Å²) in [5, 5.41) is 4.99. The average Bonchev–Trinajstić information content (AvgIpc) is 2.82. The van der Waals surface area contributed by atoms with E-state index in [4.69, 9.17) is 0 Å². The fraction of sp³-hybridized carbons (Fsp3) is 0.500. The maximum atomic E-state index is 14.8. The highest BCUT2D eigenvalue weighted by Gasteiger charge is 2.50. The summed E-state index contributed by atoms with van der Waals surface area (Å²) in [6.45, 7) is 1.58. The fourth-order valence-corrected chi connectivity index (χ4v) is 4.38. The van der Waals surface area contributed by atoms with Gasteiger partial charge in [-0.25, -0.2) is 27.3 Å². The zero-order valence-electron chi connectivity index (χ0n) is 18.4. The molecule has 1 amide bonds. The third-order valence-electron chi connectivity index (χ3n) is 6.39. The van der Waals surface area contributed by atoms with Crippen molar-refractivity contribution in [3.05, 3.63) is 41.2 Å². The highest BCUT2D eigenvalue weighted by atomic mass is 19.4. The Morgan fingerprint density at radius 1 is 1.17 bits per heavy atom. The molecule has 2 N–H and O–H groups in total. The number of hydrogen-bond acceptors (Lipinski definition) is 5. The second-order valence-corrected chi connectivity index (χ2v) is 8.46. The molecule has 0 aliphatic carbocycles. The standard InChI is InChI=1S/C22H21F7N4O2/c1-2-21(25,26)11-9-13(32-14(10-11)20(18(23)24)4-7-30-8-5-20)12-3-6-31-17-15(12)16(22(27,28)29)35-19(34)33-17/h3,6,9-10,16,18,30H,2,4-5,7-8H2,1H3,(H,31,33,34)/t16-/m1/s1. The van der Waals surface area contributed by atoms with E-state index in [9.17, 15) is 35.5 Å². The second-order valence-electron chi connectivity index (χ2n) is 8.46. The molecule has 35 heavy (non-hydrogen) atoms. The van der Waals surface area contributed by atoms with Crippen molar-refractivity contribution >= 4 is 11.9 Å². The lowest BCUT2D eigenvalue weighted by Crippen LogP contribution is -2.45. The first kappa shape index (κ1) is 25.1. The quantitative estimate of drug-likeness (QED) is 0.509. The predicted octanol–water partition coefficient (Wildman–Crippen LogP) is 5.70. The van der Waals surface area contributed by atoms with Crippen molar-refractivity contribution in [2.45, 2.75) is 56.2 Å². The van der Waals surface area contributed by atoms with Crippen molar-refractivity contribution in [2.24, 2.45) is 0 Å². The van der Waals surface area contributed by atoms with E-state index in [0.717, 1.165) is 24.4 Å². The Morgan fingerprint density at radius 3 is 2.46 bits per heavy atom. The van der Waals surface area contributed by atoms with E-state index in [-0.39, 0.29) is 42.9 Å². The van der Waals surface area contributed by atoms with Crippen LogP contribution in [0.15, 0.2) is 24.4 Å². The van der Waals surface area contributed by atoms with Gasteiger partial charge >= 0.3 is 12.3 Å². The zero-order chi connectivity index (χ0) is 25.6. The van der Waals surface area contributed by atoms with Gasteiger partial charge in [0.2, 0.25) is 12.5 Å². The minimum atomic E-state index is -5.06. The molecule has 13 heteroatoms. The highest BCUT2D eigenvalue weighted by Crippen LogP contribution is 2.47. The van der Waals surface area contributed by atoms with Gasteiger partial charge in [0, 0.05) is 23.7 Å². The topological polar surface area (TPSA) is 76.1 Å². The van der Waals surface area contributed by atoms with Crippen LogP contribution < -0.4 is 10.6 Å². The van der Waals surface area contributed by atoms with Gasteiger partial charge in [-0.1, -0.05) is 6.92 Å². The van der Waals surface area contributed by atoms with Crippen LogP contribution in [0.5, 0.6) is 0 Å². The number of cyclic esters (lactones) is 1. The third-order valence-corrected chi connectivity index (χ3v) is 6.39. The molecule has 0 saturated carbocycles. The molecule has 6 nitrogen and oxygen atoms in total. The first-order valence-corrected chi connectivity index (χ1v) is 10.8. The Hall–Kier alpha value is -2.96. The van der Waals surface area contributed by atoms with Crippen molar-refractivity contribution in [2.75, 3.05) is 18.4 Å². The van der Waals surface area contributed by atoms with Gasteiger partial charge in [-0.3, -0.25) is 10.3 Å². The zero-order valence-corrected chi connectivity index (χ0v) is 18.4. The fourth-order valence-electron chi connectivity index (χ4n) is 4.38. The van der Waals surface area contributed by atoms with Crippen LogP contribution in [0.3, 0.4) is 0 Å². The van der Waals surface area contributed by atoms with Crippen molar-refractivity contribution in [3.8, 4) is 11.3 Å². The number of anilines is 1. The maximum Gasteiger partial charge on any atom is 0.430 e. The molecular formula is C22H21F7N4O2. The summed E-state index contributed by atoms with van der Waals surface area (Å²) in [4.78, 5) is 19.6. The Morgan fingerprint density at radius 2 is 1.86 bits per heavy atom. The summed E-state index contributed by atoms with van der Waals surface area (Å²) < 4.78 is 104. The van der Waals surface area contributed by atoms with Crippen LogP contribution in [0.25, 0.3) is 11.3 Å². The monoisotopic (exact) mass is 506 g/mol. The number of carbonyl (C=O) groups is 1. The summed E-state index contributed by atoms with van der Waals surface area (Å²) in [6, 6.07) is 2.89. The summed E-state index contributed by atoms with van der Waals surface area (Å²) in [5.41, 5.74) is -4.17. The Balaban J connectivity index is 1.99. The number of hydrogen-bond donors (Lipinski definition) is 2. The van der Waals surface area contributed by atoms with Gasteiger partial charge in [0.15, 0.2) is 0 Å². The summed E-state index contributed by atoms with van der Waals surface area (Å²) in [6.07, 6.45) is -12.0. The van der Waals surface area contributed by atoms with Crippen molar-refractivity contribution in [3.63, 3.8) is 0 Å². The van der Waals surface area contributed by atoms with Gasteiger partial charge in [0.1, 0.15) is 5.82 Å². The van der Waals surface area contributed by atoms with E-state index >= 15 is 0 Å². The van der Waals surface area contributed by atoms with Crippen LogP contribution in [0.1, 0.15) is 49.1 Å². The Labute approximate surface area is 195 Å². The average molecular weight is 506 g/mol. The van der Waals surface area contributed by atoms with Crippen molar-refractivity contribution in [1.82, 2.24) is 15.3 Å². The van der Waals surface area contributed by atoms with Gasteiger partial charge in [-0.05, 0) is 44.1 Å². The molecule has 0 bridgehead atoms. The number of rotatable bonds is 5. The van der Waals surface area contributed by atoms with E-state index < -0.39 is 59.5 Å². The van der Waals surface area contributed by atoms with E-state index in [0.29, 0.717) is 0 Å². The molecule has 2 aromatic rings. The molecule has 4 rings (SSSR count). The number of alkyl halides is 7. The van der Waals surface area contributed by atoms with Crippen LogP contribution >= 0.6 is 0 Å². The molecule has 190 valence electrons. The lowest BCUT2D eigenvalue weighted by atomic mass is 9.75. The molecular weight excluding hydrogens is 485 g/mol. The first-order valence-electron chi connectivity index (χ1n) is 10.8. The van der Waals surface area contributed by atoms with E-state index in [1.165, 1.54) is 6.92 Å². The minimum absolute atomic E-state index is 0.100. The molecule has 0 aromatic carbocycles. The highest BCUT2D eigenvalue weighted by molar-refractivity contribution is 5.89. The van der Waals surface area contributed by atoms with Crippen LogP contribution in [0.4, 0.5) is 41.3 Å². The number of halogens is 7. The van der Waals surface area contributed by atoms with Crippen molar-refractivity contribution in [1.29, 1.82) is 0 Å².